The Morgan fingerprint density at radius 3 is 2.17 bits per heavy atom. The number of nitrogens with zero attached hydrogens (tertiary/aromatic N) is 1. The lowest BCUT2D eigenvalue weighted by Gasteiger charge is -2.17. The van der Waals surface area contributed by atoms with Crippen molar-refractivity contribution in [1.29, 1.82) is 0 Å². The van der Waals surface area contributed by atoms with Gasteiger partial charge in [0.1, 0.15) is 0 Å². The first-order valence-corrected chi connectivity index (χ1v) is 8.68. The molecule has 0 atom stereocenters. The quantitative estimate of drug-likeness (QED) is 0.762. The zero-order chi connectivity index (χ0) is 16.9. The lowest BCUT2D eigenvalue weighted by atomic mass is 10.1. The average Bonchev–Trinajstić information content (AvgIpc) is 2.55. The number of esters is 1. The molecule has 0 spiro atoms. The minimum Gasteiger partial charge on any atom is -0.465 e. The van der Waals surface area contributed by atoms with Crippen LogP contribution in [0.3, 0.4) is 0 Å². The topological polar surface area (TPSA) is 63.7 Å². The van der Waals surface area contributed by atoms with Crippen LogP contribution < -0.4 is 0 Å². The predicted molar refractivity (Wildman–Crippen MR) is 88.3 cm³/mol. The molecule has 0 aliphatic heterocycles. The summed E-state index contributed by atoms with van der Waals surface area (Å²) in [6.07, 6.45) is 0. The van der Waals surface area contributed by atoms with Gasteiger partial charge in [0.2, 0.25) is 10.0 Å². The van der Waals surface area contributed by atoms with E-state index in [0.29, 0.717) is 17.7 Å². The van der Waals surface area contributed by atoms with Crippen LogP contribution in [0.25, 0.3) is 0 Å². The van der Waals surface area contributed by atoms with Crippen molar-refractivity contribution in [2.45, 2.75) is 12.3 Å². The van der Waals surface area contributed by atoms with Gasteiger partial charge in [0.05, 0.1) is 18.4 Å². The average molecular weight is 333 g/mol. The van der Waals surface area contributed by atoms with Crippen molar-refractivity contribution >= 4 is 16.0 Å². The Morgan fingerprint density at radius 1 is 1.00 bits per heavy atom. The molecular weight excluding hydrogens is 314 g/mol. The molecule has 0 amide bonds. The maximum absolute atomic E-state index is 12.4. The summed E-state index contributed by atoms with van der Waals surface area (Å²) in [4.78, 5) is 11.4. The third-order valence-electron chi connectivity index (χ3n) is 3.45. The molecule has 23 heavy (non-hydrogen) atoms. The Kier molecular flexibility index (Phi) is 5.52. The molecule has 0 aromatic heterocycles. The number of carbonyl (C=O) groups is 1. The van der Waals surface area contributed by atoms with Crippen LogP contribution in [0, 0.1) is 0 Å². The SMILES string of the molecule is COC(=O)c1ccc(CS(=O)(=O)N(C)Cc2ccccc2)cc1. The van der Waals surface area contributed by atoms with Crippen LogP contribution in [0.4, 0.5) is 0 Å². The van der Waals surface area contributed by atoms with Crippen LogP contribution in [0.5, 0.6) is 0 Å². The van der Waals surface area contributed by atoms with E-state index in [2.05, 4.69) is 4.74 Å². The summed E-state index contributed by atoms with van der Waals surface area (Å²) in [7, 11) is -0.568. The lowest BCUT2D eigenvalue weighted by molar-refractivity contribution is 0.0600. The van der Waals surface area contributed by atoms with Gasteiger partial charge in [0, 0.05) is 13.6 Å². The number of hydrogen-bond donors (Lipinski definition) is 0. The fourth-order valence-electron chi connectivity index (χ4n) is 2.11. The van der Waals surface area contributed by atoms with Crippen molar-refractivity contribution in [1.82, 2.24) is 4.31 Å². The number of hydrogen-bond acceptors (Lipinski definition) is 4. The fraction of sp³-hybridized carbons (Fsp3) is 0.235. The normalized spacial score (nSPS) is 11.4. The van der Waals surface area contributed by atoms with Crippen molar-refractivity contribution in [3.63, 3.8) is 0 Å². The summed E-state index contributed by atoms with van der Waals surface area (Å²) < 4.78 is 30.8. The first-order valence-electron chi connectivity index (χ1n) is 7.07. The summed E-state index contributed by atoms with van der Waals surface area (Å²) in [5, 5.41) is 0. The van der Waals surface area contributed by atoms with Gasteiger partial charge < -0.3 is 4.74 Å². The molecule has 2 aromatic rings. The molecule has 0 radical (unpaired) electrons. The lowest BCUT2D eigenvalue weighted by Crippen LogP contribution is -2.27. The molecule has 0 saturated heterocycles. The number of rotatable bonds is 6. The van der Waals surface area contributed by atoms with Gasteiger partial charge in [-0.1, -0.05) is 42.5 Å². The number of carbonyl (C=O) groups excluding carboxylic acids is 1. The molecule has 0 aliphatic rings. The molecule has 2 rings (SSSR count). The van der Waals surface area contributed by atoms with E-state index in [1.165, 1.54) is 11.4 Å². The standard InChI is InChI=1S/C17H19NO4S/c1-18(12-14-6-4-3-5-7-14)23(20,21)13-15-8-10-16(11-9-15)17(19)22-2/h3-11H,12-13H2,1-2H3. The molecule has 0 heterocycles. The van der Waals surface area contributed by atoms with Gasteiger partial charge in [-0.3, -0.25) is 0 Å². The van der Waals surface area contributed by atoms with Crippen LogP contribution >= 0.6 is 0 Å². The second-order valence-corrected chi connectivity index (χ2v) is 7.26. The van der Waals surface area contributed by atoms with E-state index in [0.717, 1.165) is 5.56 Å². The van der Waals surface area contributed by atoms with Crippen LogP contribution in [-0.4, -0.2) is 32.8 Å². The van der Waals surface area contributed by atoms with Crippen LogP contribution in [-0.2, 0) is 27.1 Å². The minimum absolute atomic E-state index is 0.113. The summed E-state index contributed by atoms with van der Waals surface area (Å²) in [6.45, 7) is 0.323. The highest BCUT2D eigenvalue weighted by molar-refractivity contribution is 7.88. The fourth-order valence-corrected chi connectivity index (χ4v) is 3.29. The molecule has 5 nitrogen and oxygen atoms in total. The smallest absolute Gasteiger partial charge is 0.337 e. The first kappa shape index (κ1) is 17.2. The Balaban J connectivity index is 2.07. The van der Waals surface area contributed by atoms with E-state index in [1.807, 2.05) is 30.3 Å². The second-order valence-electron chi connectivity index (χ2n) is 5.19. The van der Waals surface area contributed by atoms with Gasteiger partial charge in [0.25, 0.3) is 0 Å². The van der Waals surface area contributed by atoms with Gasteiger partial charge in [-0.2, -0.15) is 0 Å². The third kappa shape index (κ3) is 4.64. The van der Waals surface area contributed by atoms with Gasteiger partial charge >= 0.3 is 5.97 Å². The van der Waals surface area contributed by atoms with E-state index >= 15 is 0 Å². The molecule has 2 aromatic carbocycles. The summed E-state index contributed by atoms with van der Waals surface area (Å²) in [5.74, 6) is -0.557. The zero-order valence-electron chi connectivity index (χ0n) is 13.1. The van der Waals surface area contributed by atoms with E-state index in [1.54, 1.807) is 31.3 Å². The molecule has 6 heteroatoms. The Hall–Kier alpha value is -2.18. The number of ether oxygens (including phenoxy) is 1. The van der Waals surface area contributed by atoms with Crippen molar-refractivity contribution in [3.05, 3.63) is 71.3 Å². The summed E-state index contributed by atoms with van der Waals surface area (Å²) in [6, 6.07) is 15.8. The van der Waals surface area contributed by atoms with Gasteiger partial charge in [-0.15, -0.1) is 0 Å². The first-order chi connectivity index (χ1) is 10.9. The summed E-state index contributed by atoms with van der Waals surface area (Å²) >= 11 is 0. The van der Waals surface area contributed by atoms with Crippen LogP contribution in [0.2, 0.25) is 0 Å². The van der Waals surface area contributed by atoms with E-state index in [-0.39, 0.29) is 5.75 Å². The second kappa shape index (κ2) is 7.39. The Labute approximate surface area is 136 Å². The van der Waals surface area contributed by atoms with Crippen LogP contribution in [0.1, 0.15) is 21.5 Å². The van der Waals surface area contributed by atoms with Crippen molar-refractivity contribution in [2.24, 2.45) is 0 Å². The third-order valence-corrected chi connectivity index (χ3v) is 5.22. The van der Waals surface area contributed by atoms with Gasteiger partial charge in [-0.05, 0) is 23.3 Å². The summed E-state index contributed by atoms with van der Waals surface area (Å²) in [5.41, 5.74) is 1.95. The van der Waals surface area contributed by atoms with E-state index in [4.69, 9.17) is 0 Å². The van der Waals surface area contributed by atoms with E-state index < -0.39 is 16.0 Å². The number of sulfonamides is 1. The molecule has 0 unspecified atom stereocenters. The van der Waals surface area contributed by atoms with Crippen LogP contribution in [0.15, 0.2) is 54.6 Å². The van der Waals surface area contributed by atoms with Crippen molar-refractivity contribution in [2.75, 3.05) is 14.2 Å². The maximum atomic E-state index is 12.4. The largest absolute Gasteiger partial charge is 0.465 e. The van der Waals surface area contributed by atoms with Crippen molar-refractivity contribution < 1.29 is 17.9 Å². The molecule has 0 fully saturated rings. The zero-order valence-corrected chi connectivity index (χ0v) is 13.9. The number of benzene rings is 2. The molecule has 122 valence electrons. The Bertz CT molecular complexity index is 755. The van der Waals surface area contributed by atoms with Gasteiger partial charge in [0.15, 0.2) is 0 Å². The molecule has 0 aliphatic carbocycles. The van der Waals surface area contributed by atoms with Gasteiger partial charge in [-0.25, -0.2) is 17.5 Å². The molecule has 0 bridgehead atoms. The minimum atomic E-state index is -3.43. The number of methoxy groups -OCH3 is 1. The maximum Gasteiger partial charge on any atom is 0.337 e. The molecule has 0 saturated carbocycles. The highest BCUT2D eigenvalue weighted by Gasteiger charge is 2.19. The molecular formula is C17H19NO4S. The molecule has 0 N–H and O–H groups in total. The monoisotopic (exact) mass is 333 g/mol. The highest BCUT2D eigenvalue weighted by atomic mass is 32.2. The highest BCUT2D eigenvalue weighted by Crippen LogP contribution is 2.14. The van der Waals surface area contributed by atoms with E-state index in [9.17, 15) is 13.2 Å². The predicted octanol–water partition coefficient (Wildman–Crippen LogP) is 2.44. The Morgan fingerprint density at radius 2 is 1.61 bits per heavy atom. The van der Waals surface area contributed by atoms with Crippen molar-refractivity contribution in [3.8, 4) is 0 Å².